The number of carbonyl (C=O) groups excluding carboxylic acids is 2. The van der Waals surface area contributed by atoms with Crippen molar-refractivity contribution in [2.24, 2.45) is 5.92 Å². The van der Waals surface area contributed by atoms with Gasteiger partial charge in [-0.25, -0.2) is 0 Å². The Morgan fingerprint density at radius 2 is 2.09 bits per heavy atom. The molecule has 1 unspecified atom stereocenters. The van der Waals surface area contributed by atoms with Gasteiger partial charge in [0.05, 0.1) is 12.5 Å². The average Bonchev–Trinajstić information content (AvgIpc) is 2.93. The fourth-order valence-electron chi connectivity index (χ4n) is 2.75. The van der Waals surface area contributed by atoms with E-state index in [2.05, 4.69) is 24.4 Å². The molecule has 1 aliphatic heterocycles. The molecule has 2 rings (SSSR count). The van der Waals surface area contributed by atoms with E-state index < -0.39 is 0 Å². The lowest BCUT2D eigenvalue weighted by molar-refractivity contribution is -0.128. The molecule has 1 fully saturated rings. The van der Waals surface area contributed by atoms with Gasteiger partial charge in [-0.2, -0.15) is 0 Å². The number of nitrogens with zero attached hydrogens (tertiary/aromatic N) is 1. The van der Waals surface area contributed by atoms with Gasteiger partial charge in [-0.05, 0) is 30.5 Å². The molecule has 1 aromatic carbocycles. The standard InChI is InChI=1S/C18H26N2O3/c1-3-4-5-14-6-8-16(9-7-14)19-18(22)15-12-17(21)20(13-15)10-11-23-2/h6-9,15H,3-5,10-13H2,1-2H3,(H,19,22). The van der Waals surface area contributed by atoms with E-state index in [1.54, 1.807) is 12.0 Å². The lowest BCUT2D eigenvalue weighted by atomic mass is 10.1. The Morgan fingerprint density at radius 1 is 1.35 bits per heavy atom. The maximum absolute atomic E-state index is 12.3. The minimum absolute atomic E-state index is 0.0251. The van der Waals surface area contributed by atoms with Crippen LogP contribution in [-0.2, 0) is 20.7 Å². The van der Waals surface area contributed by atoms with Crippen LogP contribution in [0.3, 0.4) is 0 Å². The van der Waals surface area contributed by atoms with Crippen LogP contribution in [0.4, 0.5) is 5.69 Å². The lowest BCUT2D eigenvalue weighted by Crippen LogP contribution is -2.30. The van der Waals surface area contributed by atoms with Gasteiger partial charge in [0.2, 0.25) is 11.8 Å². The summed E-state index contributed by atoms with van der Waals surface area (Å²) in [6.07, 6.45) is 3.70. The number of likely N-dealkylation sites (tertiary alicyclic amines) is 1. The molecule has 126 valence electrons. The number of unbranched alkanes of at least 4 members (excludes halogenated alkanes) is 1. The second kappa shape index (κ2) is 8.67. The zero-order chi connectivity index (χ0) is 16.7. The maximum atomic E-state index is 12.3. The van der Waals surface area contributed by atoms with Gasteiger partial charge in [0.15, 0.2) is 0 Å². The van der Waals surface area contributed by atoms with Crippen molar-refractivity contribution in [2.45, 2.75) is 32.6 Å². The zero-order valence-corrected chi connectivity index (χ0v) is 14.0. The fourth-order valence-corrected chi connectivity index (χ4v) is 2.75. The van der Waals surface area contributed by atoms with Crippen molar-refractivity contribution in [2.75, 3.05) is 32.1 Å². The normalized spacial score (nSPS) is 17.6. The summed E-state index contributed by atoms with van der Waals surface area (Å²) in [5, 5.41) is 2.92. The molecule has 1 saturated heterocycles. The molecule has 23 heavy (non-hydrogen) atoms. The van der Waals surface area contributed by atoms with Crippen LogP contribution in [0.2, 0.25) is 0 Å². The van der Waals surface area contributed by atoms with E-state index in [1.807, 2.05) is 12.1 Å². The SMILES string of the molecule is CCCCc1ccc(NC(=O)C2CC(=O)N(CCOC)C2)cc1. The van der Waals surface area contributed by atoms with E-state index in [1.165, 1.54) is 18.4 Å². The summed E-state index contributed by atoms with van der Waals surface area (Å²) in [5.74, 6) is -0.337. The predicted molar refractivity (Wildman–Crippen MR) is 90.2 cm³/mol. The van der Waals surface area contributed by atoms with Gasteiger partial charge in [0.25, 0.3) is 0 Å². The third-order valence-electron chi connectivity index (χ3n) is 4.19. The third kappa shape index (κ3) is 5.06. The molecule has 0 aromatic heterocycles. The number of methoxy groups -OCH3 is 1. The van der Waals surface area contributed by atoms with Crippen LogP contribution in [-0.4, -0.2) is 43.5 Å². The zero-order valence-electron chi connectivity index (χ0n) is 14.0. The first-order valence-electron chi connectivity index (χ1n) is 8.30. The van der Waals surface area contributed by atoms with Gasteiger partial charge < -0.3 is 15.0 Å². The topological polar surface area (TPSA) is 58.6 Å². The van der Waals surface area contributed by atoms with Crippen molar-refractivity contribution in [1.82, 2.24) is 4.90 Å². The van der Waals surface area contributed by atoms with Crippen LogP contribution in [0, 0.1) is 5.92 Å². The Balaban J connectivity index is 1.86. The predicted octanol–water partition coefficient (Wildman–Crippen LogP) is 2.46. The molecule has 1 aliphatic rings. The lowest BCUT2D eigenvalue weighted by Gasteiger charge is -2.15. The molecule has 0 saturated carbocycles. The van der Waals surface area contributed by atoms with E-state index in [-0.39, 0.29) is 24.2 Å². The van der Waals surface area contributed by atoms with Crippen LogP contribution in [0.5, 0.6) is 0 Å². The molecule has 1 N–H and O–H groups in total. The molecule has 0 radical (unpaired) electrons. The van der Waals surface area contributed by atoms with E-state index >= 15 is 0 Å². The number of ether oxygens (including phenoxy) is 1. The monoisotopic (exact) mass is 318 g/mol. The van der Waals surface area contributed by atoms with Gasteiger partial charge in [-0.15, -0.1) is 0 Å². The highest BCUT2D eigenvalue weighted by molar-refractivity contribution is 5.97. The molecular formula is C18H26N2O3. The van der Waals surface area contributed by atoms with Crippen LogP contribution < -0.4 is 5.32 Å². The van der Waals surface area contributed by atoms with Gasteiger partial charge in [0, 0.05) is 32.3 Å². The summed E-state index contributed by atoms with van der Waals surface area (Å²) in [4.78, 5) is 25.9. The second-order valence-electron chi connectivity index (χ2n) is 6.02. The molecule has 0 spiro atoms. The summed E-state index contributed by atoms with van der Waals surface area (Å²) < 4.78 is 4.99. The molecule has 0 aliphatic carbocycles. The number of aryl methyl sites for hydroxylation is 1. The highest BCUT2D eigenvalue weighted by Gasteiger charge is 2.33. The Morgan fingerprint density at radius 3 is 2.74 bits per heavy atom. The van der Waals surface area contributed by atoms with Crippen molar-refractivity contribution >= 4 is 17.5 Å². The summed E-state index contributed by atoms with van der Waals surface area (Å²) >= 11 is 0. The first kappa shape index (κ1) is 17.5. The number of anilines is 1. The van der Waals surface area contributed by atoms with Crippen LogP contribution in [0.15, 0.2) is 24.3 Å². The Bertz CT molecular complexity index is 528. The smallest absolute Gasteiger partial charge is 0.229 e. The fraction of sp³-hybridized carbons (Fsp3) is 0.556. The first-order chi connectivity index (χ1) is 11.1. The molecule has 0 bridgehead atoms. The molecule has 5 nitrogen and oxygen atoms in total. The van der Waals surface area contributed by atoms with Crippen molar-refractivity contribution in [3.63, 3.8) is 0 Å². The molecule has 2 amide bonds. The van der Waals surface area contributed by atoms with Gasteiger partial charge >= 0.3 is 0 Å². The van der Waals surface area contributed by atoms with Crippen molar-refractivity contribution in [3.05, 3.63) is 29.8 Å². The number of amides is 2. The van der Waals surface area contributed by atoms with Gasteiger partial charge in [-0.3, -0.25) is 9.59 Å². The summed E-state index contributed by atoms with van der Waals surface area (Å²) in [6.45, 7) is 3.69. The largest absolute Gasteiger partial charge is 0.383 e. The van der Waals surface area contributed by atoms with E-state index in [0.717, 1.165) is 12.1 Å². The van der Waals surface area contributed by atoms with E-state index in [4.69, 9.17) is 4.74 Å². The van der Waals surface area contributed by atoms with Crippen molar-refractivity contribution < 1.29 is 14.3 Å². The molecule has 5 heteroatoms. The minimum atomic E-state index is -0.279. The number of carbonyl (C=O) groups is 2. The quantitative estimate of drug-likeness (QED) is 0.801. The number of rotatable bonds is 8. The van der Waals surface area contributed by atoms with Crippen LogP contribution in [0.25, 0.3) is 0 Å². The highest BCUT2D eigenvalue weighted by atomic mass is 16.5. The molecule has 1 heterocycles. The summed E-state index contributed by atoms with van der Waals surface area (Å²) in [6, 6.07) is 7.97. The average molecular weight is 318 g/mol. The van der Waals surface area contributed by atoms with Crippen LogP contribution in [0.1, 0.15) is 31.7 Å². The summed E-state index contributed by atoms with van der Waals surface area (Å²) in [7, 11) is 1.61. The maximum Gasteiger partial charge on any atom is 0.229 e. The molecule has 1 aromatic rings. The minimum Gasteiger partial charge on any atom is -0.383 e. The van der Waals surface area contributed by atoms with Crippen molar-refractivity contribution in [3.8, 4) is 0 Å². The van der Waals surface area contributed by atoms with Crippen LogP contribution >= 0.6 is 0 Å². The Hall–Kier alpha value is -1.88. The van der Waals surface area contributed by atoms with Gasteiger partial charge in [0.1, 0.15) is 0 Å². The molecular weight excluding hydrogens is 292 g/mol. The first-order valence-corrected chi connectivity index (χ1v) is 8.30. The number of nitrogens with one attached hydrogen (secondary N) is 1. The molecule has 1 atom stereocenters. The van der Waals surface area contributed by atoms with Crippen molar-refractivity contribution in [1.29, 1.82) is 0 Å². The number of hydrogen-bond donors (Lipinski definition) is 1. The number of benzene rings is 1. The third-order valence-corrected chi connectivity index (χ3v) is 4.19. The second-order valence-corrected chi connectivity index (χ2v) is 6.02. The summed E-state index contributed by atoms with van der Waals surface area (Å²) in [5.41, 5.74) is 2.07. The van der Waals surface area contributed by atoms with E-state index in [9.17, 15) is 9.59 Å². The van der Waals surface area contributed by atoms with E-state index in [0.29, 0.717) is 19.7 Å². The Labute approximate surface area is 138 Å². The highest BCUT2D eigenvalue weighted by Crippen LogP contribution is 2.20. The Kier molecular flexibility index (Phi) is 6.59. The van der Waals surface area contributed by atoms with Gasteiger partial charge in [-0.1, -0.05) is 25.5 Å². The number of hydrogen-bond acceptors (Lipinski definition) is 3.